The average Bonchev–Trinajstić information content (AvgIpc) is 3.41. The van der Waals surface area contributed by atoms with E-state index in [1.54, 1.807) is 0 Å². The lowest BCUT2D eigenvalue weighted by Crippen LogP contribution is -2.55. The van der Waals surface area contributed by atoms with Gasteiger partial charge in [0.15, 0.2) is 5.65 Å². The van der Waals surface area contributed by atoms with Crippen LogP contribution in [0.3, 0.4) is 0 Å². The lowest BCUT2D eigenvalue weighted by atomic mass is 10.1. The molecular weight excluding hydrogens is 550 g/mol. The van der Waals surface area contributed by atoms with Crippen molar-refractivity contribution >= 4 is 34.7 Å². The molecule has 0 spiro atoms. The largest absolute Gasteiger partial charge is 0.457 e. The third-order valence-electron chi connectivity index (χ3n) is 7.71. The summed E-state index contributed by atoms with van der Waals surface area (Å²) in [6.07, 6.45) is 3.84. The zero-order chi connectivity index (χ0) is 29.8. The van der Waals surface area contributed by atoms with Crippen molar-refractivity contribution < 1.29 is 19.1 Å². The molecule has 2 aromatic heterocycles. The van der Waals surface area contributed by atoms with Crippen molar-refractivity contribution in [1.29, 1.82) is 0 Å². The number of carbonyl (C=O) groups excluding carboxylic acids is 3. The first-order valence-corrected chi connectivity index (χ1v) is 14.4. The van der Waals surface area contributed by atoms with E-state index in [9.17, 15) is 14.4 Å². The maximum absolute atomic E-state index is 12.3. The van der Waals surface area contributed by atoms with Crippen molar-refractivity contribution in [1.82, 2.24) is 40.6 Å². The highest BCUT2D eigenvalue weighted by Gasteiger charge is 2.29. The predicted molar refractivity (Wildman–Crippen MR) is 159 cm³/mol. The van der Waals surface area contributed by atoms with E-state index in [4.69, 9.17) is 15.6 Å². The van der Waals surface area contributed by atoms with Crippen molar-refractivity contribution in [3.63, 3.8) is 0 Å². The van der Waals surface area contributed by atoms with E-state index in [2.05, 4.69) is 30.8 Å². The van der Waals surface area contributed by atoms with Gasteiger partial charge in [0.1, 0.15) is 35.4 Å². The van der Waals surface area contributed by atoms with Crippen LogP contribution in [0.15, 0.2) is 60.9 Å². The van der Waals surface area contributed by atoms with Crippen LogP contribution in [-0.2, 0) is 9.59 Å². The third kappa shape index (κ3) is 6.41. The minimum absolute atomic E-state index is 0.0530. The number of aromatic nitrogens is 4. The first-order valence-electron chi connectivity index (χ1n) is 14.4. The van der Waals surface area contributed by atoms with Crippen molar-refractivity contribution in [2.75, 3.05) is 31.9 Å². The van der Waals surface area contributed by atoms with Gasteiger partial charge >= 0.3 is 6.03 Å². The number of piperidine rings is 2. The number of hydrogen-bond acceptors (Lipinski definition) is 9. The van der Waals surface area contributed by atoms with Crippen LogP contribution in [0.25, 0.3) is 22.3 Å². The summed E-state index contributed by atoms with van der Waals surface area (Å²) in [5.74, 6) is 1.05. The highest BCUT2D eigenvalue weighted by molar-refractivity contribution is 6.01. The second-order valence-electron chi connectivity index (χ2n) is 10.7. The molecule has 0 radical (unpaired) electrons. The molecule has 0 bridgehead atoms. The molecule has 2 fully saturated rings. The SMILES string of the molecule is Nc1ncnc2c1c(-c1ccc(Oc3ccccc3)cc1)nn2C1CCCN(CCNC(=O)NC2CCC(=O)NC2=O)C1. The molecule has 2 saturated heterocycles. The monoisotopic (exact) mass is 583 g/mol. The molecule has 5 N–H and O–H groups in total. The standard InChI is InChI=1S/C30H33N9O4/c31-27-25-26(19-8-10-22(11-9-19)43-21-6-2-1-3-7-21)37-39(28(25)34-18-33-27)20-5-4-15-38(17-20)16-14-32-30(42)35-23-12-13-24(40)36-29(23)41/h1-3,6-11,18,20,23H,4-5,12-17H2,(H2,31,33,34)(H2,32,35,42)(H,36,40,41). The maximum atomic E-state index is 12.3. The summed E-state index contributed by atoms with van der Waals surface area (Å²) >= 11 is 0. The number of para-hydroxylation sites is 1. The Kier molecular flexibility index (Phi) is 8.13. The molecule has 4 amide bonds. The second kappa shape index (κ2) is 12.4. The van der Waals surface area contributed by atoms with Crippen LogP contribution in [0.5, 0.6) is 11.5 Å². The van der Waals surface area contributed by atoms with Crippen molar-refractivity contribution in [3.8, 4) is 22.8 Å². The van der Waals surface area contributed by atoms with Crippen LogP contribution in [-0.4, -0.2) is 74.7 Å². The number of nitrogens with two attached hydrogens (primary N) is 1. The number of nitrogens with zero attached hydrogens (tertiary/aromatic N) is 5. The molecule has 0 aliphatic carbocycles. The quantitative estimate of drug-likeness (QED) is 0.228. The fourth-order valence-electron chi connectivity index (χ4n) is 5.56. The topological polar surface area (TPSA) is 169 Å². The summed E-state index contributed by atoms with van der Waals surface area (Å²) in [5.41, 5.74) is 8.62. The van der Waals surface area contributed by atoms with Gasteiger partial charge in [0.2, 0.25) is 11.8 Å². The second-order valence-corrected chi connectivity index (χ2v) is 10.7. The molecule has 2 unspecified atom stereocenters. The highest BCUT2D eigenvalue weighted by atomic mass is 16.5. The smallest absolute Gasteiger partial charge is 0.315 e. The van der Waals surface area contributed by atoms with Gasteiger partial charge in [0.05, 0.1) is 11.4 Å². The summed E-state index contributed by atoms with van der Waals surface area (Å²) in [6.45, 7) is 2.65. The Morgan fingerprint density at radius 1 is 1.05 bits per heavy atom. The minimum Gasteiger partial charge on any atom is -0.457 e. The number of nitrogens with one attached hydrogen (secondary N) is 3. The van der Waals surface area contributed by atoms with Crippen LogP contribution in [0.4, 0.5) is 10.6 Å². The van der Waals surface area contributed by atoms with Gasteiger partial charge in [0.25, 0.3) is 0 Å². The Labute approximate surface area is 247 Å². The predicted octanol–water partition coefficient (Wildman–Crippen LogP) is 2.61. The van der Waals surface area contributed by atoms with Gasteiger partial charge in [-0.15, -0.1) is 0 Å². The number of likely N-dealkylation sites (tertiary alicyclic amines) is 1. The fraction of sp³-hybridized carbons (Fsp3) is 0.333. The Bertz CT molecular complexity index is 1620. The molecule has 4 aromatic rings. The van der Waals surface area contributed by atoms with Crippen LogP contribution in [0, 0.1) is 0 Å². The summed E-state index contributed by atoms with van der Waals surface area (Å²) in [5, 5.41) is 13.4. The number of imide groups is 1. The highest BCUT2D eigenvalue weighted by Crippen LogP contribution is 2.34. The molecule has 2 aromatic carbocycles. The third-order valence-corrected chi connectivity index (χ3v) is 7.71. The van der Waals surface area contributed by atoms with Gasteiger partial charge in [-0.2, -0.15) is 5.10 Å². The molecule has 2 aliphatic heterocycles. The summed E-state index contributed by atoms with van der Waals surface area (Å²) in [6, 6.07) is 16.2. The van der Waals surface area contributed by atoms with Gasteiger partial charge in [-0.3, -0.25) is 19.8 Å². The van der Waals surface area contributed by atoms with E-state index in [0.29, 0.717) is 47.8 Å². The normalized spacial score (nSPS) is 19.2. The summed E-state index contributed by atoms with van der Waals surface area (Å²) in [7, 11) is 0. The van der Waals surface area contributed by atoms with E-state index in [1.807, 2.05) is 59.3 Å². The van der Waals surface area contributed by atoms with Crippen LogP contribution >= 0.6 is 0 Å². The van der Waals surface area contributed by atoms with E-state index in [1.165, 1.54) is 6.33 Å². The summed E-state index contributed by atoms with van der Waals surface area (Å²) < 4.78 is 7.90. The van der Waals surface area contributed by atoms with Crippen molar-refractivity contribution in [2.45, 2.75) is 37.8 Å². The van der Waals surface area contributed by atoms with E-state index >= 15 is 0 Å². The zero-order valence-corrected chi connectivity index (χ0v) is 23.5. The Balaban J connectivity index is 1.12. The van der Waals surface area contributed by atoms with Gasteiger partial charge in [-0.05, 0) is 62.2 Å². The van der Waals surface area contributed by atoms with E-state index in [0.717, 1.165) is 37.2 Å². The molecule has 2 atom stereocenters. The molecule has 0 saturated carbocycles. The number of anilines is 1. The zero-order valence-electron chi connectivity index (χ0n) is 23.5. The lowest BCUT2D eigenvalue weighted by molar-refractivity contribution is -0.134. The molecule has 4 heterocycles. The van der Waals surface area contributed by atoms with Gasteiger partial charge < -0.3 is 21.1 Å². The number of nitrogen functional groups attached to an aromatic ring is 1. The summed E-state index contributed by atoms with van der Waals surface area (Å²) in [4.78, 5) is 46.6. The van der Waals surface area contributed by atoms with Gasteiger partial charge in [-0.1, -0.05) is 18.2 Å². The maximum Gasteiger partial charge on any atom is 0.315 e. The molecule has 13 nitrogen and oxygen atoms in total. The minimum atomic E-state index is -0.707. The van der Waals surface area contributed by atoms with Crippen molar-refractivity contribution in [3.05, 3.63) is 60.9 Å². The Morgan fingerprint density at radius 3 is 2.63 bits per heavy atom. The average molecular weight is 584 g/mol. The molecule has 222 valence electrons. The van der Waals surface area contributed by atoms with Crippen molar-refractivity contribution in [2.24, 2.45) is 0 Å². The van der Waals surface area contributed by atoms with Crippen LogP contribution < -0.4 is 26.4 Å². The van der Waals surface area contributed by atoms with E-state index in [-0.39, 0.29) is 18.4 Å². The Morgan fingerprint density at radius 2 is 1.84 bits per heavy atom. The van der Waals surface area contributed by atoms with Gasteiger partial charge in [0, 0.05) is 31.6 Å². The Hall–Kier alpha value is -5.04. The fourth-order valence-corrected chi connectivity index (χ4v) is 5.56. The number of rotatable bonds is 8. The molecule has 2 aliphatic rings. The van der Waals surface area contributed by atoms with E-state index < -0.39 is 18.0 Å². The van der Waals surface area contributed by atoms with Crippen LogP contribution in [0.2, 0.25) is 0 Å². The number of urea groups is 1. The lowest BCUT2D eigenvalue weighted by Gasteiger charge is -2.33. The molecule has 6 rings (SSSR count). The number of amides is 4. The number of carbonyl (C=O) groups is 3. The molecular formula is C30H33N9O4. The van der Waals surface area contributed by atoms with Crippen LogP contribution in [0.1, 0.15) is 31.7 Å². The number of fused-ring (bicyclic) bond motifs is 1. The first kappa shape index (κ1) is 28.1. The van der Waals surface area contributed by atoms with Gasteiger partial charge in [-0.25, -0.2) is 19.4 Å². The number of ether oxygens (including phenoxy) is 1. The number of hydrogen-bond donors (Lipinski definition) is 4. The number of benzene rings is 2. The first-order chi connectivity index (χ1) is 20.9. The molecule has 43 heavy (non-hydrogen) atoms. The molecule has 13 heteroatoms.